The Hall–Kier alpha value is -0.960. The van der Waals surface area contributed by atoms with Crippen molar-refractivity contribution in [1.82, 2.24) is 5.43 Å². The van der Waals surface area contributed by atoms with E-state index in [1.165, 1.54) is 5.56 Å². The molecule has 1 N–H and O–H groups in total. The monoisotopic (exact) mass is 234 g/mol. The number of benzene rings is 1. The molecule has 1 aromatic carbocycles. The number of hydrazone groups is 1. The molecule has 0 spiro atoms. The number of rotatable bonds is 1. The molecule has 1 aromatic rings. The molecular formula is C13H18N2S. The zero-order valence-electron chi connectivity index (χ0n) is 10.2. The Morgan fingerprint density at radius 1 is 1.19 bits per heavy atom. The summed E-state index contributed by atoms with van der Waals surface area (Å²) in [4.78, 5) is -0.0296. The average Bonchev–Trinajstić information content (AvgIpc) is 2.63. The lowest BCUT2D eigenvalue weighted by Gasteiger charge is -2.36. The number of nitrogens with zero attached hydrogens (tertiary/aromatic N) is 1. The lowest BCUT2D eigenvalue weighted by Crippen LogP contribution is -2.44. The van der Waals surface area contributed by atoms with E-state index in [4.69, 9.17) is 0 Å². The number of thioether (sulfide) groups is 1. The largest absolute Gasteiger partial charge is 0.292 e. The quantitative estimate of drug-likeness (QED) is 0.805. The minimum atomic E-state index is -0.0296. The van der Waals surface area contributed by atoms with Crippen LogP contribution in [0.5, 0.6) is 0 Å². The van der Waals surface area contributed by atoms with E-state index in [0.717, 1.165) is 5.04 Å². The van der Waals surface area contributed by atoms with E-state index in [2.05, 4.69) is 50.4 Å². The Morgan fingerprint density at radius 3 is 2.31 bits per heavy atom. The number of nitrogens with one attached hydrogen (secondary N) is 1. The molecule has 1 aliphatic rings. The molecule has 2 rings (SSSR count). The Bertz CT molecular complexity index is 406. The van der Waals surface area contributed by atoms with Gasteiger partial charge >= 0.3 is 0 Å². The summed E-state index contributed by atoms with van der Waals surface area (Å²) in [5, 5.41) is 5.54. The third kappa shape index (κ3) is 1.96. The van der Waals surface area contributed by atoms with Crippen LogP contribution in [0.25, 0.3) is 0 Å². The van der Waals surface area contributed by atoms with Crippen LogP contribution in [-0.4, -0.2) is 9.91 Å². The van der Waals surface area contributed by atoms with Crippen molar-refractivity contribution in [1.29, 1.82) is 0 Å². The number of hydrogen-bond donors (Lipinski definition) is 1. The molecule has 0 aliphatic carbocycles. The third-order valence-electron chi connectivity index (χ3n) is 3.12. The molecule has 2 nitrogen and oxygen atoms in total. The van der Waals surface area contributed by atoms with Gasteiger partial charge in [0.25, 0.3) is 0 Å². The van der Waals surface area contributed by atoms with Crippen molar-refractivity contribution in [3.8, 4) is 0 Å². The fourth-order valence-corrected chi connectivity index (χ4v) is 2.55. The Morgan fingerprint density at radius 2 is 1.81 bits per heavy atom. The maximum Gasteiger partial charge on any atom is 0.126 e. The van der Waals surface area contributed by atoms with Gasteiger partial charge in [0.05, 0.1) is 0 Å². The highest BCUT2D eigenvalue weighted by Crippen LogP contribution is 2.44. The van der Waals surface area contributed by atoms with Crippen molar-refractivity contribution < 1.29 is 0 Å². The summed E-state index contributed by atoms with van der Waals surface area (Å²) in [6.45, 7) is 8.90. The zero-order chi connectivity index (χ0) is 11.8. The summed E-state index contributed by atoms with van der Waals surface area (Å²) in [6.07, 6.45) is 0. The molecule has 0 saturated carbocycles. The second-order valence-corrected chi connectivity index (χ2v) is 6.69. The second-order valence-electron chi connectivity index (χ2n) is 5.28. The maximum atomic E-state index is 4.46. The molecule has 1 atom stereocenters. The van der Waals surface area contributed by atoms with Gasteiger partial charge < -0.3 is 0 Å². The van der Waals surface area contributed by atoms with Gasteiger partial charge in [0.15, 0.2) is 0 Å². The third-order valence-corrected chi connectivity index (χ3v) is 4.76. The fraction of sp³-hybridized carbons (Fsp3) is 0.462. The van der Waals surface area contributed by atoms with Gasteiger partial charge in [-0.05, 0) is 12.3 Å². The van der Waals surface area contributed by atoms with Gasteiger partial charge in [-0.25, -0.2) is 0 Å². The van der Waals surface area contributed by atoms with Gasteiger partial charge in [-0.15, -0.1) is 0 Å². The maximum absolute atomic E-state index is 4.46. The fourth-order valence-electron chi connectivity index (χ4n) is 1.42. The van der Waals surface area contributed by atoms with Crippen molar-refractivity contribution in [2.75, 3.05) is 0 Å². The highest BCUT2D eigenvalue weighted by atomic mass is 32.2. The smallest absolute Gasteiger partial charge is 0.126 e. The van der Waals surface area contributed by atoms with Crippen LogP contribution in [0.4, 0.5) is 0 Å². The van der Waals surface area contributed by atoms with E-state index < -0.39 is 0 Å². The Kier molecular flexibility index (Phi) is 2.74. The minimum absolute atomic E-state index is 0.0296. The zero-order valence-corrected chi connectivity index (χ0v) is 11.1. The van der Waals surface area contributed by atoms with E-state index in [9.17, 15) is 0 Å². The van der Waals surface area contributed by atoms with Crippen molar-refractivity contribution in [3.05, 3.63) is 35.9 Å². The molecule has 0 bridgehead atoms. The molecule has 0 saturated heterocycles. The first-order chi connectivity index (χ1) is 7.42. The Labute approximate surface area is 102 Å². The van der Waals surface area contributed by atoms with Gasteiger partial charge in [0, 0.05) is 5.56 Å². The van der Waals surface area contributed by atoms with E-state index in [1.54, 1.807) is 0 Å². The molecule has 0 radical (unpaired) electrons. The van der Waals surface area contributed by atoms with E-state index >= 15 is 0 Å². The highest BCUT2D eigenvalue weighted by molar-refractivity contribution is 8.15. The van der Waals surface area contributed by atoms with Crippen molar-refractivity contribution in [2.45, 2.75) is 32.6 Å². The van der Waals surface area contributed by atoms with Crippen LogP contribution in [-0.2, 0) is 0 Å². The molecule has 0 aromatic heterocycles. The Balaban J connectivity index is 2.20. The van der Waals surface area contributed by atoms with Crippen molar-refractivity contribution in [3.63, 3.8) is 0 Å². The first-order valence-electron chi connectivity index (χ1n) is 5.52. The van der Waals surface area contributed by atoms with Gasteiger partial charge in [0.1, 0.15) is 9.91 Å². The van der Waals surface area contributed by atoms with Crippen LogP contribution in [0.1, 0.15) is 33.3 Å². The molecule has 1 aliphatic heterocycles. The van der Waals surface area contributed by atoms with Crippen LogP contribution in [0.15, 0.2) is 35.4 Å². The van der Waals surface area contributed by atoms with E-state index in [0.29, 0.717) is 0 Å². The van der Waals surface area contributed by atoms with Crippen LogP contribution in [0, 0.1) is 5.41 Å². The average molecular weight is 234 g/mol. The molecular weight excluding hydrogens is 216 g/mol. The highest BCUT2D eigenvalue weighted by Gasteiger charge is 2.42. The van der Waals surface area contributed by atoms with E-state index in [1.807, 2.05) is 30.0 Å². The SMILES string of the molecule is CC(C)(C)C1(C)NN=C(c2ccccc2)S1. The molecule has 16 heavy (non-hydrogen) atoms. The minimum Gasteiger partial charge on any atom is -0.292 e. The van der Waals surface area contributed by atoms with Gasteiger partial charge in [-0.1, -0.05) is 62.9 Å². The first-order valence-corrected chi connectivity index (χ1v) is 6.33. The predicted molar refractivity (Wildman–Crippen MR) is 71.6 cm³/mol. The molecule has 0 fully saturated rings. The number of hydrogen-bond acceptors (Lipinski definition) is 3. The summed E-state index contributed by atoms with van der Waals surface area (Å²) < 4.78 is 0. The predicted octanol–water partition coefficient (Wildman–Crippen LogP) is 3.45. The summed E-state index contributed by atoms with van der Waals surface area (Å²) >= 11 is 1.81. The normalized spacial score (nSPS) is 25.1. The van der Waals surface area contributed by atoms with Crippen molar-refractivity contribution >= 4 is 16.8 Å². The standard InChI is InChI=1S/C13H18N2S/c1-12(2,3)13(4)15-14-11(16-13)10-8-6-5-7-9-10/h5-9,15H,1-4H3. The summed E-state index contributed by atoms with van der Waals surface area (Å²) in [5.74, 6) is 0. The summed E-state index contributed by atoms with van der Waals surface area (Å²) in [5.41, 5.74) is 4.62. The topological polar surface area (TPSA) is 24.4 Å². The van der Waals surface area contributed by atoms with Gasteiger partial charge in [-0.2, -0.15) is 5.10 Å². The van der Waals surface area contributed by atoms with E-state index in [-0.39, 0.29) is 10.3 Å². The molecule has 1 unspecified atom stereocenters. The van der Waals surface area contributed by atoms with Crippen LogP contribution in [0.2, 0.25) is 0 Å². The lowest BCUT2D eigenvalue weighted by atomic mass is 9.88. The van der Waals surface area contributed by atoms with Gasteiger partial charge in [-0.3, -0.25) is 5.43 Å². The van der Waals surface area contributed by atoms with Crippen LogP contribution >= 0.6 is 11.8 Å². The van der Waals surface area contributed by atoms with Gasteiger partial charge in [0.2, 0.25) is 0 Å². The lowest BCUT2D eigenvalue weighted by molar-refractivity contribution is 0.262. The summed E-state index contributed by atoms with van der Waals surface area (Å²) in [7, 11) is 0. The second kappa shape index (κ2) is 3.81. The molecule has 3 heteroatoms. The molecule has 1 heterocycles. The van der Waals surface area contributed by atoms with Crippen LogP contribution < -0.4 is 5.43 Å². The molecule has 0 amide bonds. The van der Waals surface area contributed by atoms with Crippen molar-refractivity contribution in [2.24, 2.45) is 10.5 Å². The first kappa shape index (κ1) is 11.5. The summed E-state index contributed by atoms with van der Waals surface area (Å²) in [6, 6.07) is 10.3. The van der Waals surface area contributed by atoms with Crippen LogP contribution in [0.3, 0.4) is 0 Å². The molecule has 86 valence electrons.